The first-order valence-electron chi connectivity index (χ1n) is 7.60. The van der Waals surface area contributed by atoms with Gasteiger partial charge in [0.15, 0.2) is 5.82 Å². The van der Waals surface area contributed by atoms with E-state index in [-0.39, 0.29) is 12.5 Å². The summed E-state index contributed by atoms with van der Waals surface area (Å²) in [5, 5.41) is 4.88. The van der Waals surface area contributed by atoms with Crippen LogP contribution in [0.1, 0.15) is 0 Å². The minimum absolute atomic E-state index is 0.0964. The number of nitrogens with one attached hydrogen (secondary N) is 1. The van der Waals surface area contributed by atoms with Crippen molar-refractivity contribution in [1.82, 2.24) is 14.5 Å². The van der Waals surface area contributed by atoms with Crippen LogP contribution in [0, 0.1) is 3.57 Å². The molecule has 0 atom stereocenters. The van der Waals surface area contributed by atoms with E-state index in [4.69, 9.17) is 0 Å². The molecule has 0 aliphatic heterocycles. The van der Waals surface area contributed by atoms with Gasteiger partial charge in [-0.3, -0.25) is 4.79 Å². The van der Waals surface area contributed by atoms with E-state index in [1.54, 1.807) is 5.51 Å². The molecule has 7 heteroatoms. The quantitative estimate of drug-likeness (QED) is 0.460. The first kappa shape index (κ1) is 16.2. The molecule has 1 N–H and O–H groups in total. The number of amides is 1. The maximum atomic E-state index is 12.6. The minimum Gasteiger partial charge on any atom is -0.325 e. The molecule has 0 saturated carbocycles. The summed E-state index contributed by atoms with van der Waals surface area (Å²) in [6.45, 7) is 0.180. The van der Waals surface area contributed by atoms with E-state index >= 15 is 0 Å². The van der Waals surface area contributed by atoms with Crippen LogP contribution in [0.25, 0.3) is 22.6 Å². The van der Waals surface area contributed by atoms with Crippen molar-refractivity contribution in [3.63, 3.8) is 0 Å². The number of nitrogens with zero attached hydrogens (tertiary/aromatic N) is 3. The lowest BCUT2D eigenvalue weighted by molar-refractivity contribution is -0.116. The van der Waals surface area contributed by atoms with Crippen LogP contribution in [-0.2, 0) is 11.3 Å². The molecule has 2 aromatic carbocycles. The van der Waals surface area contributed by atoms with Gasteiger partial charge in [0.05, 0.1) is 16.5 Å². The van der Waals surface area contributed by atoms with Crippen LogP contribution in [0.2, 0.25) is 0 Å². The Morgan fingerprint density at radius 2 is 1.96 bits per heavy atom. The zero-order valence-electron chi connectivity index (χ0n) is 13.0. The van der Waals surface area contributed by atoms with Crippen LogP contribution in [0.15, 0.2) is 59.4 Å². The molecule has 4 aromatic rings. The highest BCUT2D eigenvalue weighted by atomic mass is 127. The van der Waals surface area contributed by atoms with Gasteiger partial charge in [0.25, 0.3) is 0 Å². The van der Waals surface area contributed by atoms with Crippen molar-refractivity contribution >= 4 is 56.6 Å². The van der Waals surface area contributed by atoms with Gasteiger partial charge in [0.1, 0.15) is 12.2 Å². The second kappa shape index (κ2) is 6.93. The molecule has 1 amide bonds. The molecule has 0 aliphatic carbocycles. The Labute approximate surface area is 161 Å². The van der Waals surface area contributed by atoms with Crippen molar-refractivity contribution < 1.29 is 4.79 Å². The highest BCUT2D eigenvalue weighted by Crippen LogP contribution is 2.24. The largest absolute Gasteiger partial charge is 0.325 e. The number of benzene rings is 2. The maximum absolute atomic E-state index is 12.6. The molecule has 2 heterocycles. The fourth-order valence-electron chi connectivity index (χ4n) is 2.63. The summed E-state index contributed by atoms with van der Waals surface area (Å²) in [6, 6.07) is 15.5. The van der Waals surface area contributed by atoms with E-state index in [9.17, 15) is 4.79 Å². The molecular weight excluding hydrogens is 447 g/mol. The molecule has 2 aromatic heterocycles. The van der Waals surface area contributed by atoms with Gasteiger partial charge >= 0.3 is 0 Å². The summed E-state index contributed by atoms with van der Waals surface area (Å²) in [4.78, 5) is 21.5. The van der Waals surface area contributed by atoms with Gasteiger partial charge in [0, 0.05) is 14.6 Å². The lowest BCUT2D eigenvalue weighted by atomic mass is 10.3. The number of anilines is 1. The van der Waals surface area contributed by atoms with E-state index in [0.29, 0.717) is 5.82 Å². The zero-order chi connectivity index (χ0) is 17.2. The fraction of sp³-hybridized carbons (Fsp3) is 0.0556. The summed E-state index contributed by atoms with van der Waals surface area (Å²) < 4.78 is 3.04. The van der Waals surface area contributed by atoms with Crippen LogP contribution < -0.4 is 5.32 Å². The number of rotatable bonds is 4. The molecule has 0 fully saturated rings. The zero-order valence-corrected chi connectivity index (χ0v) is 16.0. The van der Waals surface area contributed by atoms with Crippen molar-refractivity contribution in [1.29, 1.82) is 0 Å². The number of halogens is 1. The predicted octanol–water partition coefficient (Wildman–Crippen LogP) is 4.40. The molecule has 25 heavy (non-hydrogen) atoms. The predicted molar refractivity (Wildman–Crippen MR) is 109 cm³/mol. The van der Waals surface area contributed by atoms with Crippen molar-refractivity contribution in [3.8, 4) is 11.5 Å². The first-order chi connectivity index (χ1) is 12.2. The first-order valence-corrected chi connectivity index (χ1v) is 9.62. The second-order valence-corrected chi connectivity index (χ2v) is 7.40. The van der Waals surface area contributed by atoms with E-state index in [0.717, 1.165) is 26.0 Å². The van der Waals surface area contributed by atoms with Crippen molar-refractivity contribution in [2.75, 3.05) is 5.32 Å². The number of para-hydroxylation sites is 2. The standard InChI is InChI=1S/C18H13IN4OS/c19-12-5-7-13(8-6-12)21-17(24)9-23-16-4-2-1-3-14(16)22-18(23)15-10-25-11-20-15/h1-8,10-11H,9H2,(H,21,24). The van der Waals surface area contributed by atoms with E-state index in [2.05, 4.69) is 37.9 Å². The van der Waals surface area contributed by atoms with Crippen LogP contribution in [0.3, 0.4) is 0 Å². The minimum atomic E-state index is -0.0964. The van der Waals surface area contributed by atoms with E-state index in [1.165, 1.54) is 11.3 Å². The third-order valence-corrected chi connectivity index (χ3v) is 5.05. The second-order valence-electron chi connectivity index (χ2n) is 5.44. The van der Waals surface area contributed by atoms with Gasteiger partial charge in [0.2, 0.25) is 5.91 Å². The van der Waals surface area contributed by atoms with Gasteiger partial charge in [-0.2, -0.15) is 0 Å². The summed E-state index contributed by atoms with van der Waals surface area (Å²) >= 11 is 3.75. The summed E-state index contributed by atoms with van der Waals surface area (Å²) in [5.41, 5.74) is 5.11. The van der Waals surface area contributed by atoms with Crippen molar-refractivity contribution in [2.24, 2.45) is 0 Å². The lowest BCUT2D eigenvalue weighted by Gasteiger charge is -2.09. The fourth-order valence-corrected chi connectivity index (χ4v) is 3.52. The normalized spacial score (nSPS) is 10.9. The van der Waals surface area contributed by atoms with Gasteiger partial charge in [-0.15, -0.1) is 11.3 Å². The van der Waals surface area contributed by atoms with E-state index in [1.807, 2.05) is 58.5 Å². The highest BCUT2D eigenvalue weighted by Gasteiger charge is 2.16. The topological polar surface area (TPSA) is 59.8 Å². The number of thiazole rings is 1. The average Bonchev–Trinajstić information content (AvgIpc) is 3.25. The number of aromatic nitrogens is 3. The number of carbonyl (C=O) groups excluding carboxylic acids is 1. The molecule has 0 aliphatic rings. The Hall–Kier alpha value is -2.26. The summed E-state index contributed by atoms with van der Waals surface area (Å²) in [6.07, 6.45) is 0. The Bertz CT molecular complexity index is 1030. The summed E-state index contributed by atoms with van der Waals surface area (Å²) in [5.74, 6) is 0.612. The number of fused-ring (bicyclic) bond motifs is 1. The van der Waals surface area contributed by atoms with Crippen molar-refractivity contribution in [2.45, 2.75) is 6.54 Å². The molecule has 124 valence electrons. The van der Waals surface area contributed by atoms with E-state index < -0.39 is 0 Å². The Kier molecular flexibility index (Phi) is 4.50. The molecule has 0 saturated heterocycles. The molecule has 0 spiro atoms. The highest BCUT2D eigenvalue weighted by molar-refractivity contribution is 14.1. The number of imidazole rings is 1. The Morgan fingerprint density at radius 1 is 1.16 bits per heavy atom. The molecule has 0 bridgehead atoms. The molecular formula is C18H13IN4OS. The van der Waals surface area contributed by atoms with Crippen LogP contribution in [0.4, 0.5) is 5.69 Å². The number of hydrogen-bond donors (Lipinski definition) is 1. The third kappa shape index (κ3) is 3.42. The molecule has 5 nitrogen and oxygen atoms in total. The summed E-state index contributed by atoms with van der Waals surface area (Å²) in [7, 11) is 0. The maximum Gasteiger partial charge on any atom is 0.244 e. The number of hydrogen-bond acceptors (Lipinski definition) is 4. The third-order valence-electron chi connectivity index (χ3n) is 3.75. The molecule has 4 rings (SSSR count). The lowest BCUT2D eigenvalue weighted by Crippen LogP contribution is -2.19. The Morgan fingerprint density at radius 3 is 2.72 bits per heavy atom. The van der Waals surface area contributed by atoms with Crippen LogP contribution in [0.5, 0.6) is 0 Å². The van der Waals surface area contributed by atoms with Gasteiger partial charge < -0.3 is 9.88 Å². The monoisotopic (exact) mass is 460 g/mol. The molecule has 0 radical (unpaired) electrons. The Balaban J connectivity index is 1.67. The van der Waals surface area contributed by atoms with Gasteiger partial charge in [-0.05, 0) is 59.0 Å². The smallest absolute Gasteiger partial charge is 0.244 e. The molecule has 0 unspecified atom stereocenters. The number of carbonyl (C=O) groups is 1. The van der Waals surface area contributed by atoms with Crippen LogP contribution >= 0.6 is 33.9 Å². The van der Waals surface area contributed by atoms with Crippen LogP contribution in [-0.4, -0.2) is 20.4 Å². The van der Waals surface area contributed by atoms with Crippen molar-refractivity contribution in [3.05, 3.63) is 63.0 Å². The SMILES string of the molecule is O=C(Cn1c(-c2cscn2)nc2ccccc21)Nc1ccc(I)cc1. The average molecular weight is 460 g/mol. The van der Waals surface area contributed by atoms with Gasteiger partial charge in [-0.25, -0.2) is 9.97 Å². The van der Waals surface area contributed by atoms with Gasteiger partial charge in [-0.1, -0.05) is 12.1 Å².